The smallest absolute Gasteiger partial charge is 0.283 e. The van der Waals surface area contributed by atoms with Crippen molar-refractivity contribution in [1.82, 2.24) is 25.1 Å². The van der Waals surface area contributed by atoms with Crippen molar-refractivity contribution >= 4 is 29.0 Å². The first-order chi connectivity index (χ1) is 19.7. The molecule has 0 atom stereocenters. The molecule has 0 aliphatic carbocycles. The van der Waals surface area contributed by atoms with E-state index >= 15 is 0 Å². The van der Waals surface area contributed by atoms with Crippen LogP contribution >= 0.6 is 0 Å². The van der Waals surface area contributed by atoms with Crippen LogP contribution in [0.15, 0.2) is 5.18 Å². The number of carbonyl (C=O) groups is 5. The maximum atomic E-state index is 11.6. The van der Waals surface area contributed by atoms with Crippen molar-refractivity contribution in [3.05, 3.63) is 4.91 Å². The second-order valence-electron chi connectivity index (χ2n) is 9.96. The highest BCUT2D eigenvalue weighted by Gasteiger charge is 2.24. The van der Waals surface area contributed by atoms with Crippen molar-refractivity contribution in [2.45, 2.75) is 26.7 Å². The van der Waals surface area contributed by atoms with E-state index in [0.29, 0.717) is 72.2 Å². The van der Waals surface area contributed by atoms with Crippen LogP contribution in [0.2, 0.25) is 0 Å². The van der Waals surface area contributed by atoms with E-state index in [9.17, 15) is 24.0 Å². The van der Waals surface area contributed by atoms with E-state index in [4.69, 9.17) is 19.6 Å². The zero-order valence-electron chi connectivity index (χ0n) is 24.4. The minimum Gasteiger partial charge on any atom is -0.379 e. The minimum atomic E-state index is -0.676. The molecule has 0 aromatic heterocycles. The minimum absolute atomic E-state index is 0.00430. The largest absolute Gasteiger partial charge is 0.379 e. The molecule has 15 nitrogen and oxygen atoms in total. The molecule has 0 radical (unpaired) electrons. The number of Topliss-reactive ketones (excluding diaryl/α,β-unsaturated/α-hetero) is 4. The van der Waals surface area contributed by atoms with Crippen LogP contribution in [-0.4, -0.2) is 165 Å². The number of rotatable bonds is 7. The highest BCUT2D eigenvalue weighted by molar-refractivity contribution is 6.03. The quantitative estimate of drug-likeness (QED) is 0.202. The van der Waals surface area contributed by atoms with Crippen LogP contribution < -0.4 is 5.48 Å². The molecular weight excluding hydrogens is 540 g/mol. The number of piperidine rings is 2. The number of nitrogens with zero attached hydrogens (tertiary/aromatic N) is 5. The van der Waals surface area contributed by atoms with Gasteiger partial charge in [-0.15, -0.1) is 4.91 Å². The zero-order valence-corrected chi connectivity index (χ0v) is 24.4. The molecule has 2 N–H and O–H groups in total. The Morgan fingerprint density at radius 2 is 0.976 bits per heavy atom. The van der Waals surface area contributed by atoms with Gasteiger partial charge in [0.1, 0.15) is 0 Å². The first-order valence-electron chi connectivity index (χ1n) is 14.0. The average Bonchev–Trinajstić information content (AvgIpc) is 2.91. The topological polar surface area (TPSA) is 178 Å². The number of ether oxygens (including phenoxy) is 2. The maximum Gasteiger partial charge on any atom is 0.283 e. The molecular formula is C26H46N6O9. The molecule has 3 rings (SSSR count). The molecule has 1 amide bonds. The molecule has 0 aromatic carbocycles. The Kier molecular flexibility index (Phi) is 19.9. The Bertz CT molecular complexity index is 742. The van der Waals surface area contributed by atoms with Gasteiger partial charge in [-0.1, -0.05) is 6.92 Å². The molecule has 0 aromatic rings. The fraction of sp³-hybridized carbons (Fsp3) is 0.808. The van der Waals surface area contributed by atoms with Gasteiger partial charge in [0.2, 0.25) is 0 Å². The predicted molar refractivity (Wildman–Crippen MR) is 149 cm³/mol. The monoisotopic (exact) mass is 586 g/mol. The standard InChI is InChI=1S/C22H36N4O6.C2H3NO2.C2H7NO/c27-19-13-20(28)16-25(15-19)3-1-23-5-9-31-11-7-24(8-12-32-10-6-23)2-4-26-17-21(29)14-22(30)18-26;1-2(4)3-5;1-2-3-4/h1-18H2;1H3;3-4H,2H2,1H3. The molecule has 15 heteroatoms. The maximum absolute atomic E-state index is 11.6. The van der Waals surface area contributed by atoms with Gasteiger partial charge in [0.05, 0.1) is 65.4 Å². The van der Waals surface area contributed by atoms with Crippen LogP contribution in [0.3, 0.4) is 0 Å². The van der Waals surface area contributed by atoms with Gasteiger partial charge in [-0.2, -0.15) is 0 Å². The third kappa shape index (κ3) is 18.6. The SMILES string of the molecule is CC(=O)N=O.CCNO.O=C1CC(=O)CN(CCN2CCOCCN(CCN3CC(=O)CC(=O)C3)CCOCC2)C1. The summed E-state index contributed by atoms with van der Waals surface area (Å²) in [5.41, 5.74) is 1.93. The Morgan fingerprint density at radius 3 is 1.22 bits per heavy atom. The number of carbonyl (C=O) groups excluding carboxylic acids is 5. The number of nitroso groups, excluding NO2 is 1. The van der Waals surface area contributed by atoms with Crippen LogP contribution in [-0.2, 0) is 33.4 Å². The summed E-state index contributed by atoms with van der Waals surface area (Å²) in [5, 5.41) is 9.62. The van der Waals surface area contributed by atoms with E-state index in [-0.39, 0.29) is 36.0 Å². The van der Waals surface area contributed by atoms with Crippen molar-refractivity contribution in [3.8, 4) is 0 Å². The summed E-state index contributed by atoms with van der Waals surface area (Å²) in [6.07, 6.45) is 0.153. The van der Waals surface area contributed by atoms with Crippen LogP contribution in [0.1, 0.15) is 26.7 Å². The van der Waals surface area contributed by atoms with E-state index in [0.717, 1.165) is 46.2 Å². The van der Waals surface area contributed by atoms with Crippen LogP contribution in [0.4, 0.5) is 0 Å². The normalized spacial score (nSPS) is 21.0. The summed E-state index contributed by atoms with van der Waals surface area (Å²) >= 11 is 0. The second-order valence-corrected chi connectivity index (χ2v) is 9.96. The van der Waals surface area contributed by atoms with Gasteiger partial charge in [-0.25, -0.2) is 5.48 Å². The van der Waals surface area contributed by atoms with E-state index in [2.05, 4.69) is 9.80 Å². The molecule has 3 aliphatic rings. The number of nitrogens with one attached hydrogen (secondary N) is 1. The fourth-order valence-electron chi connectivity index (χ4n) is 4.30. The van der Waals surface area contributed by atoms with Gasteiger partial charge in [0.25, 0.3) is 5.91 Å². The van der Waals surface area contributed by atoms with Crippen molar-refractivity contribution in [2.24, 2.45) is 5.18 Å². The van der Waals surface area contributed by atoms with Gasteiger partial charge < -0.3 is 14.7 Å². The number of hydroxylamine groups is 1. The fourth-order valence-corrected chi connectivity index (χ4v) is 4.30. The summed E-state index contributed by atoms with van der Waals surface area (Å²) in [4.78, 5) is 73.1. The second kappa shape index (κ2) is 22.3. The van der Waals surface area contributed by atoms with Gasteiger partial charge in [-0.05, 0) is 0 Å². The Morgan fingerprint density at radius 1 is 0.707 bits per heavy atom. The Balaban J connectivity index is 0.000000814. The summed E-state index contributed by atoms with van der Waals surface area (Å²) in [7, 11) is 0. The van der Waals surface area contributed by atoms with Gasteiger partial charge in [0.15, 0.2) is 23.1 Å². The molecule has 3 fully saturated rings. The molecule has 0 unspecified atom stereocenters. The number of likely N-dealkylation sites (tertiary alicyclic amines) is 2. The van der Waals surface area contributed by atoms with Crippen molar-refractivity contribution in [1.29, 1.82) is 0 Å². The highest BCUT2D eigenvalue weighted by atomic mass is 16.5. The first-order valence-corrected chi connectivity index (χ1v) is 14.0. The van der Waals surface area contributed by atoms with Crippen LogP contribution in [0.25, 0.3) is 0 Å². The number of hydrogen-bond acceptors (Lipinski definition) is 14. The molecule has 0 spiro atoms. The molecule has 41 heavy (non-hydrogen) atoms. The third-order valence-corrected chi connectivity index (χ3v) is 6.35. The number of ketones is 4. The predicted octanol–water partition coefficient (Wildman–Crippen LogP) is -1.39. The first kappa shape index (κ1) is 36.7. The zero-order chi connectivity index (χ0) is 30.5. The van der Waals surface area contributed by atoms with Gasteiger partial charge in [0, 0.05) is 71.0 Å². The van der Waals surface area contributed by atoms with Crippen molar-refractivity contribution in [3.63, 3.8) is 0 Å². The summed E-state index contributed by atoms with van der Waals surface area (Å²) in [6, 6.07) is 0. The van der Waals surface area contributed by atoms with E-state index in [1.54, 1.807) is 0 Å². The summed E-state index contributed by atoms with van der Waals surface area (Å²) in [6.45, 7) is 13.5. The van der Waals surface area contributed by atoms with E-state index in [1.165, 1.54) is 0 Å². The Hall–Kier alpha value is -2.37. The molecule has 3 aliphatic heterocycles. The van der Waals surface area contributed by atoms with Crippen molar-refractivity contribution in [2.75, 3.05) is 112 Å². The third-order valence-electron chi connectivity index (χ3n) is 6.35. The van der Waals surface area contributed by atoms with Crippen LogP contribution in [0, 0.1) is 4.91 Å². The lowest BCUT2D eigenvalue weighted by Crippen LogP contribution is -2.46. The number of hydrogen-bond donors (Lipinski definition) is 2. The molecule has 234 valence electrons. The molecule has 3 heterocycles. The van der Waals surface area contributed by atoms with Gasteiger partial charge >= 0.3 is 0 Å². The lowest BCUT2D eigenvalue weighted by molar-refractivity contribution is -0.134. The lowest BCUT2D eigenvalue weighted by atomic mass is 10.1. The molecule has 0 saturated carbocycles. The van der Waals surface area contributed by atoms with E-state index in [1.807, 2.05) is 27.4 Å². The van der Waals surface area contributed by atoms with Gasteiger partial charge in [-0.3, -0.25) is 43.6 Å². The molecule has 0 bridgehead atoms. The lowest BCUT2D eigenvalue weighted by Gasteiger charge is -2.30. The average molecular weight is 587 g/mol. The summed E-state index contributed by atoms with van der Waals surface area (Å²) in [5.74, 6) is -0.659. The number of amides is 1. The van der Waals surface area contributed by atoms with E-state index < -0.39 is 5.91 Å². The Labute approximate surface area is 241 Å². The highest BCUT2D eigenvalue weighted by Crippen LogP contribution is 2.05. The molecule has 3 saturated heterocycles. The van der Waals surface area contributed by atoms with Crippen LogP contribution in [0.5, 0.6) is 0 Å². The van der Waals surface area contributed by atoms with Crippen molar-refractivity contribution < 1.29 is 38.7 Å². The summed E-state index contributed by atoms with van der Waals surface area (Å²) < 4.78 is 11.7.